The maximum Gasteiger partial charge on any atom is 0.273 e. The zero-order valence-electron chi connectivity index (χ0n) is 10.8. The number of nitro groups is 1. The van der Waals surface area contributed by atoms with Crippen molar-refractivity contribution in [3.63, 3.8) is 0 Å². The predicted octanol–water partition coefficient (Wildman–Crippen LogP) is 3.25. The van der Waals surface area contributed by atoms with Crippen LogP contribution in [0.4, 0.5) is 22.7 Å². The molecule has 0 aliphatic rings. The number of anilines is 3. The Balaban J connectivity index is 2.35. The van der Waals surface area contributed by atoms with Crippen molar-refractivity contribution in [2.24, 2.45) is 0 Å². The molecule has 2 rings (SSSR count). The average molecular weight is 268 g/mol. The lowest BCUT2D eigenvalue weighted by Crippen LogP contribution is -1.97. The Bertz CT molecular complexity index is 692. The molecule has 0 unspecified atom stereocenters. The largest absolute Gasteiger partial charge is 0.388 e. The van der Waals surface area contributed by atoms with Crippen molar-refractivity contribution in [1.82, 2.24) is 0 Å². The molecule has 0 fully saturated rings. The van der Waals surface area contributed by atoms with Gasteiger partial charge in [0.15, 0.2) is 0 Å². The van der Waals surface area contributed by atoms with Gasteiger partial charge in [-0.2, -0.15) is 5.26 Å². The maximum atomic E-state index is 10.9. The van der Waals surface area contributed by atoms with Crippen molar-refractivity contribution in [3.8, 4) is 6.07 Å². The lowest BCUT2D eigenvalue weighted by molar-refractivity contribution is -0.384. The molecule has 0 atom stereocenters. The molecule has 0 aliphatic carbocycles. The van der Waals surface area contributed by atoms with E-state index in [1.54, 1.807) is 37.4 Å². The molecule has 0 radical (unpaired) electrons. The van der Waals surface area contributed by atoms with Crippen molar-refractivity contribution in [2.45, 2.75) is 0 Å². The second kappa shape index (κ2) is 5.71. The van der Waals surface area contributed by atoms with Crippen molar-refractivity contribution >= 4 is 22.7 Å². The van der Waals surface area contributed by atoms with Gasteiger partial charge in [0.05, 0.1) is 16.6 Å². The summed E-state index contributed by atoms with van der Waals surface area (Å²) in [6, 6.07) is 13.6. The van der Waals surface area contributed by atoms with E-state index < -0.39 is 4.92 Å². The number of nitro benzene ring substituents is 1. The first-order valence-corrected chi connectivity index (χ1v) is 5.87. The van der Waals surface area contributed by atoms with E-state index in [9.17, 15) is 10.1 Å². The van der Waals surface area contributed by atoms with Crippen LogP contribution in [0.3, 0.4) is 0 Å². The molecule has 0 saturated heterocycles. The summed E-state index contributed by atoms with van der Waals surface area (Å²) in [6.45, 7) is 0. The lowest BCUT2D eigenvalue weighted by Gasteiger charge is -2.09. The highest BCUT2D eigenvalue weighted by molar-refractivity contribution is 5.69. The summed E-state index contributed by atoms with van der Waals surface area (Å²) in [6.07, 6.45) is 0. The fourth-order valence-electron chi connectivity index (χ4n) is 1.77. The van der Waals surface area contributed by atoms with Crippen LogP contribution in [-0.2, 0) is 0 Å². The molecule has 0 saturated carbocycles. The van der Waals surface area contributed by atoms with Gasteiger partial charge in [-0.05, 0) is 24.3 Å². The van der Waals surface area contributed by atoms with Crippen LogP contribution in [-0.4, -0.2) is 12.0 Å². The smallest absolute Gasteiger partial charge is 0.273 e. The van der Waals surface area contributed by atoms with E-state index >= 15 is 0 Å². The first kappa shape index (κ1) is 13.4. The molecule has 20 heavy (non-hydrogen) atoms. The number of hydrogen-bond donors (Lipinski definition) is 2. The van der Waals surface area contributed by atoms with E-state index in [2.05, 4.69) is 10.6 Å². The minimum atomic E-state index is -0.447. The predicted molar refractivity (Wildman–Crippen MR) is 77.1 cm³/mol. The van der Waals surface area contributed by atoms with E-state index in [-0.39, 0.29) is 5.69 Å². The molecule has 100 valence electrons. The summed E-state index contributed by atoms with van der Waals surface area (Å²) in [4.78, 5) is 10.4. The monoisotopic (exact) mass is 268 g/mol. The standard InChI is InChI=1S/C14H12N4O2/c1-16-12-6-13(8-14(7-12)18(19)20)17-11-4-2-3-10(5-11)9-15/h2-8,16-17H,1H3. The van der Waals surface area contributed by atoms with Gasteiger partial charge >= 0.3 is 0 Å². The maximum absolute atomic E-state index is 10.9. The fourth-order valence-corrected chi connectivity index (χ4v) is 1.77. The number of nitrogens with zero attached hydrogens (tertiary/aromatic N) is 2. The van der Waals surface area contributed by atoms with Crippen molar-refractivity contribution < 1.29 is 4.92 Å². The van der Waals surface area contributed by atoms with E-state index in [1.807, 2.05) is 6.07 Å². The van der Waals surface area contributed by atoms with Crippen molar-refractivity contribution in [2.75, 3.05) is 17.7 Å². The molecule has 0 amide bonds. The fraction of sp³-hybridized carbons (Fsp3) is 0.0714. The van der Waals surface area contributed by atoms with E-state index in [0.29, 0.717) is 22.6 Å². The summed E-state index contributed by atoms with van der Waals surface area (Å²) in [5.41, 5.74) is 2.44. The van der Waals surface area contributed by atoms with E-state index in [1.165, 1.54) is 12.1 Å². The summed E-state index contributed by atoms with van der Waals surface area (Å²) in [7, 11) is 1.69. The highest BCUT2D eigenvalue weighted by Crippen LogP contribution is 2.26. The van der Waals surface area contributed by atoms with Crippen LogP contribution in [0.5, 0.6) is 0 Å². The highest BCUT2D eigenvalue weighted by atomic mass is 16.6. The molecule has 2 aromatic rings. The zero-order chi connectivity index (χ0) is 14.5. The SMILES string of the molecule is CNc1cc(Nc2cccc(C#N)c2)cc([N+](=O)[O-])c1. The second-order valence-corrected chi connectivity index (χ2v) is 4.09. The first-order valence-electron chi connectivity index (χ1n) is 5.87. The first-order chi connectivity index (χ1) is 9.62. The van der Waals surface area contributed by atoms with Crippen LogP contribution >= 0.6 is 0 Å². The van der Waals surface area contributed by atoms with Crippen LogP contribution in [0.2, 0.25) is 0 Å². The lowest BCUT2D eigenvalue weighted by atomic mass is 10.2. The number of hydrogen-bond acceptors (Lipinski definition) is 5. The molecule has 2 aromatic carbocycles. The Morgan fingerprint density at radius 1 is 1.15 bits per heavy atom. The van der Waals surface area contributed by atoms with Crippen LogP contribution in [0.25, 0.3) is 0 Å². The summed E-state index contributed by atoms with van der Waals surface area (Å²) in [5.74, 6) is 0. The third-order valence-corrected chi connectivity index (χ3v) is 2.70. The number of nitrogens with one attached hydrogen (secondary N) is 2. The molecular weight excluding hydrogens is 256 g/mol. The quantitative estimate of drug-likeness (QED) is 0.656. The van der Waals surface area contributed by atoms with Crippen LogP contribution in [0, 0.1) is 21.4 Å². The Hall–Kier alpha value is -3.07. The van der Waals surface area contributed by atoms with Gasteiger partial charge in [-0.25, -0.2) is 0 Å². The molecule has 0 aromatic heterocycles. The van der Waals surface area contributed by atoms with Crippen LogP contribution in [0.15, 0.2) is 42.5 Å². The number of non-ortho nitro benzene ring substituents is 1. The van der Waals surface area contributed by atoms with Gasteiger partial charge in [-0.3, -0.25) is 10.1 Å². The minimum absolute atomic E-state index is 0.00390. The van der Waals surface area contributed by atoms with Gasteiger partial charge in [-0.1, -0.05) is 6.07 Å². The van der Waals surface area contributed by atoms with E-state index in [4.69, 9.17) is 5.26 Å². The molecule has 0 bridgehead atoms. The molecule has 6 nitrogen and oxygen atoms in total. The molecule has 2 N–H and O–H groups in total. The third-order valence-electron chi connectivity index (χ3n) is 2.70. The molecule has 0 spiro atoms. The highest BCUT2D eigenvalue weighted by Gasteiger charge is 2.09. The molecular formula is C14H12N4O2. The van der Waals surface area contributed by atoms with Crippen LogP contribution < -0.4 is 10.6 Å². The van der Waals surface area contributed by atoms with Gasteiger partial charge < -0.3 is 10.6 Å². The summed E-state index contributed by atoms with van der Waals surface area (Å²) < 4.78 is 0. The minimum Gasteiger partial charge on any atom is -0.388 e. The normalized spacial score (nSPS) is 9.60. The van der Waals surface area contributed by atoms with Crippen molar-refractivity contribution in [3.05, 3.63) is 58.1 Å². The van der Waals surface area contributed by atoms with Crippen molar-refractivity contribution in [1.29, 1.82) is 5.26 Å². The van der Waals surface area contributed by atoms with Gasteiger partial charge in [0, 0.05) is 36.2 Å². The van der Waals surface area contributed by atoms with Gasteiger partial charge in [-0.15, -0.1) is 0 Å². The van der Waals surface area contributed by atoms with Crippen LogP contribution in [0.1, 0.15) is 5.56 Å². The second-order valence-electron chi connectivity index (χ2n) is 4.09. The number of rotatable bonds is 4. The van der Waals surface area contributed by atoms with Gasteiger partial charge in [0.2, 0.25) is 0 Å². The zero-order valence-corrected chi connectivity index (χ0v) is 10.8. The summed E-state index contributed by atoms with van der Waals surface area (Å²) >= 11 is 0. The van der Waals surface area contributed by atoms with Gasteiger partial charge in [0.25, 0.3) is 5.69 Å². The molecule has 0 aliphatic heterocycles. The Morgan fingerprint density at radius 2 is 1.90 bits per heavy atom. The molecule has 6 heteroatoms. The topological polar surface area (TPSA) is 91.0 Å². The Kier molecular flexibility index (Phi) is 3.82. The Labute approximate surface area is 115 Å². The van der Waals surface area contributed by atoms with E-state index in [0.717, 1.165) is 0 Å². The third kappa shape index (κ3) is 3.03. The number of nitriles is 1. The average Bonchev–Trinajstić information content (AvgIpc) is 2.47. The Morgan fingerprint density at radius 3 is 2.55 bits per heavy atom. The summed E-state index contributed by atoms with van der Waals surface area (Å²) in [5, 5.41) is 25.7. The number of benzene rings is 2. The molecule has 0 heterocycles. The van der Waals surface area contributed by atoms with Gasteiger partial charge in [0.1, 0.15) is 0 Å².